The highest BCUT2D eigenvalue weighted by atomic mass is 32.2. The summed E-state index contributed by atoms with van der Waals surface area (Å²) in [5.41, 5.74) is 3.77. The molecule has 2 heterocycles. The lowest BCUT2D eigenvalue weighted by Crippen LogP contribution is -2.69. The Labute approximate surface area is 735 Å². The van der Waals surface area contributed by atoms with Gasteiger partial charge in [0.1, 0.15) is 110 Å². The second-order valence-corrected chi connectivity index (χ2v) is 36.1. The van der Waals surface area contributed by atoms with Crippen molar-refractivity contribution in [3.63, 3.8) is 0 Å². The predicted molar refractivity (Wildman–Crippen MR) is 470 cm³/mol. The number of fused-ring (bicyclic) bond motifs is 3. The van der Waals surface area contributed by atoms with E-state index in [2.05, 4.69) is 26.6 Å². The first-order chi connectivity index (χ1) is 59.6. The molecular weight excluding hydrogens is 1620 g/mol. The van der Waals surface area contributed by atoms with Crippen LogP contribution in [0.3, 0.4) is 0 Å². The van der Waals surface area contributed by atoms with Gasteiger partial charge >= 0.3 is 24.0 Å². The summed E-state index contributed by atoms with van der Waals surface area (Å²) in [4.78, 5) is 119. The van der Waals surface area contributed by atoms with Crippen LogP contribution >= 0.6 is 11.8 Å². The summed E-state index contributed by atoms with van der Waals surface area (Å²) in [6.07, 6.45) is -19.0. The molecule has 0 bridgehead atoms. The number of carbonyl (C=O) groups excluding carboxylic acids is 8. The number of rotatable bonds is 36. The quantitative estimate of drug-likeness (QED) is 0.0103. The van der Waals surface area contributed by atoms with Crippen LogP contribution < -0.4 is 26.6 Å². The molecule has 5 amide bonds. The summed E-state index contributed by atoms with van der Waals surface area (Å²) in [6.45, 7) is 18.0. The number of aliphatic hydroxyl groups excluding tert-OH is 3. The van der Waals surface area contributed by atoms with Crippen LogP contribution in [0.2, 0.25) is 0 Å². The van der Waals surface area contributed by atoms with E-state index in [0.29, 0.717) is 23.1 Å². The van der Waals surface area contributed by atoms with Crippen LogP contribution in [0.1, 0.15) is 153 Å². The minimum Gasteiger partial charge on any atom is -0.458 e. The van der Waals surface area contributed by atoms with Crippen molar-refractivity contribution in [3.05, 3.63) is 275 Å². The summed E-state index contributed by atoms with van der Waals surface area (Å²) in [6, 6.07) is 66.6. The lowest BCUT2D eigenvalue weighted by Gasteiger charge is -2.48. The van der Waals surface area contributed by atoms with Crippen molar-refractivity contribution >= 4 is 59.4 Å². The molecular formula is C98H117N5O21S. The van der Waals surface area contributed by atoms with E-state index < -0.39 is 192 Å². The molecule has 125 heavy (non-hydrogen) atoms. The lowest BCUT2D eigenvalue weighted by atomic mass is 9.77. The summed E-state index contributed by atoms with van der Waals surface area (Å²) in [5.74, 6) is -7.67. The van der Waals surface area contributed by atoms with Crippen LogP contribution in [0.4, 0.5) is 4.79 Å². The Morgan fingerprint density at radius 1 is 0.480 bits per heavy atom. The molecule has 0 aromatic heterocycles. The smallest absolute Gasteiger partial charge is 0.407 e. The summed E-state index contributed by atoms with van der Waals surface area (Å²) < 4.78 is 61.8. The standard InChI is InChI=1S/C98H117N5O21S/c1-14-61(4)79(88(111)100-74(90(113)124-96(11,12)13)59-125-98(65-43-27-18-28-44-65,66-45-29-19-30-46-66)67-47-31-20-32-48-67)101-87(110)73(53-60(2)3)99-89(112)85-81(108)82(109)86(116-58-78(107)123-95(8,9)10)92(121-85)120-83-75(54-104)119-91(117-56-76(105)103-97(62-37-21-15-22-38-62,63-39-23-16-24-40-63)64-41-25-17-26-42-64)80(84(83)115-57-77(106)122-94(5,6)7)102-93(114)118-55-72-70-51-35-33-49-68(70)69-50-34-36-52-71(69)72/h15-52,60-61,72-75,79-86,91-92,104,108-109H,14,53-59H2,1-13H3,(H,99,112)(H,100,111)(H,101,110)(H,102,114)(H,103,105)/t61-,73-,74-,75+,79-,80+,81-,82-,83+,84-,85-,86+,91+,92+/m0/s1. The van der Waals surface area contributed by atoms with Crippen molar-refractivity contribution in [1.29, 1.82) is 0 Å². The first kappa shape index (κ1) is 95.0. The number of aliphatic hydroxyl groups is 3. The molecule has 666 valence electrons. The molecule has 0 spiro atoms. The summed E-state index contributed by atoms with van der Waals surface area (Å²) in [7, 11) is 0. The molecule has 0 unspecified atom stereocenters. The SMILES string of the molecule is CC[C@H](C)[C@H](NC(=O)[C@H](CC(C)C)NC(=O)[C@H]1O[C@@H](O[C@H]2[C@@H](OCC(=O)OC(C)(C)C)[C@@H](NC(=O)OCC3c4ccccc4-c4ccccc43)[C@H](OCC(=O)NC(c3ccccc3)(c3ccccc3)c3ccccc3)O[C@@H]2CO)[C@H](OCC(=O)OC(C)(C)C)[C@@H](O)[C@@H]1O)C(=O)N[C@@H](CSC(c1ccccc1)(c1ccccc1)c1ccccc1)C(=O)OC(C)(C)C. The van der Waals surface area contributed by atoms with E-state index in [9.17, 15) is 29.7 Å². The minimum absolute atomic E-state index is 0.0378. The van der Waals surface area contributed by atoms with Crippen molar-refractivity contribution in [2.75, 3.05) is 38.8 Å². The number of hydrogen-bond donors (Lipinski definition) is 8. The number of amides is 5. The molecule has 2 fully saturated rings. The predicted octanol–water partition coefficient (Wildman–Crippen LogP) is 11.6. The van der Waals surface area contributed by atoms with E-state index in [1.54, 1.807) is 83.1 Å². The number of hydrogen-bond acceptors (Lipinski definition) is 22. The Morgan fingerprint density at radius 2 is 0.928 bits per heavy atom. The van der Waals surface area contributed by atoms with Crippen LogP contribution in [0.5, 0.6) is 0 Å². The molecule has 8 aromatic rings. The molecule has 14 atom stereocenters. The van der Waals surface area contributed by atoms with Gasteiger partial charge in [0.15, 0.2) is 18.7 Å². The molecule has 8 N–H and O–H groups in total. The van der Waals surface area contributed by atoms with Gasteiger partial charge < -0.3 is 89.3 Å². The van der Waals surface area contributed by atoms with Gasteiger partial charge in [0.25, 0.3) is 5.91 Å². The highest BCUT2D eigenvalue weighted by Crippen LogP contribution is 2.50. The lowest BCUT2D eigenvalue weighted by molar-refractivity contribution is -0.348. The zero-order valence-electron chi connectivity index (χ0n) is 72.9. The van der Waals surface area contributed by atoms with Gasteiger partial charge in [-0.15, -0.1) is 11.8 Å². The highest BCUT2D eigenvalue weighted by Gasteiger charge is 2.56. The zero-order valence-corrected chi connectivity index (χ0v) is 73.7. The maximum absolute atomic E-state index is 15.4. The summed E-state index contributed by atoms with van der Waals surface area (Å²) in [5, 5.41) is 51.2. The van der Waals surface area contributed by atoms with Gasteiger partial charge in [0, 0.05) is 11.7 Å². The maximum Gasteiger partial charge on any atom is 0.407 e. The van der Waals surface area contributed by atoms with E-state index in [1.807, 2.05) is 237 Å². The first-order valence-corrected chi connectivity index (χ1v) is 43.4. The molecule has 2 saturated heterocycles. The molecule has 0 saturated carbocycles. The Hall–Kier alpha value is -10.7. The highest BCUT2D eigenvalue weighted by molar-refractivity contribution is 8.00. The number of alkyl carbamates (subject to hydrolysis) is 1. The van der Waals surface area contributed by atoms with E-state index in [1.165, 1.54) is 11.8 Å². The van der Waals surface area contributed by atoms with Crippen molar-refractivity contribution in [3.8, 4) is 11.1 Å². The van der Waals surface area contributed by atoms with Crippen LogP contribution in [0, 0.1) is 11.8 Å². The second kappa shape index (κ2) is 42.5. The maximum atomic E-state index is 15.4. The van der Waals surface area contributed by atoms with Gasteiger partial charge in [-0.1, -0.05) is 265 Å². The van der Waals surface area contributed by atoms with E-state index >= 15 is 24.0 Å². The molecule has 0 radical (unpaired) electrons. The van der Waals surface area contributed by atoms with Gasteiger partial charge in [-0.25, -0.2) is 19.2 Å². The van der Waals surface area contributed by atoms with Gasteiger partial charge in [-0.3, -0.25) is 19.2 Å². The fourth-order valence-corrected chi connectivity index (χ4v) is 17.5. The average molecular weight is 1730 g/mol. The minimum atomic E-state index is -2.27. The third kappa shape index (κ3) is 24.1. The molecule has 26 nitrogen and oxygen atoms in total. The Bertz CT molecular complexity index is 4660. The summed E-state index contributed by atoms with van der Waals surface area (Å²) >= 11 is 1.42. The fraction of sp³-hybridized carbons (Fsp3) is 0.429. The van der Waals surface area contributed by atoms with Crippen molar-refractivity contribution in [2.45, 2.75) is 215 Å². The van der Waals surface area contributed by atoms with Gasteiger partial charge in [0.2, 0.25) is 17.7 Å². The van der Waals surface area contributed by atoms with Crippen molar-refractivity contribution in [1.82, 2.24) is 26.6 Å². The largest absolute Gasteiger partial charge is 0.458 e. The van der Waals surface area contributed by atoms with Gasteiger partial charge in [-0.05, 0) is 136 Å². The second-order valence-electron chi connectivity index (χ2n) is 34.9. The van der Waals surface area contributed by atoms with Crippen LogP contribution in [-0.2, 0) is 91.2 Å². The van der Waals surface area contributed by atoms with E-state index in [4.69, 9.17) is 47.4 Å². The Balaban J connectivity index is 0.920. The van der Waals surface area contributed by atoms with E-state index in [-0.39, 0.29) is 24.7 Å². The Kier molecular flexibility index (Phi) is 32.3. The van der Waals surface area contributed by atoms with Crippen molar-refractivity contribution < 1.29 is 101 Å². The van der Waals surface area contributed by atoms with Crippen LogP contribution in [0.25, 0.3) is 11.1 Å². The first-order valence-electron chi connectivity index (χ1n) is 42.4. The molecule has 3 aliphatic rings. The number of nitrogens with one attached hydrogen (secondary N) is 5. The molecule has 8 aromatic carbocycles. The topological polar surface area (TPSA) is 350 Å². The van der Waals surface area contributed by atoms with Crippen LogP contribution in [0.15, 0.2) is 231 Å². The number of ether oxygens (including phenoxy) is 10. The fourth-order valence-electron chi connectivity index (χ4n) is 15.9. The van der Waals surface area contributed by atoms with Crippen LogP contribution in [-0.4, -0.2) is 198 Å². The van der Waals surface area contributed by atoms with Crippen molar-refractivity contribution in [2.24, 2.45) is 11.8 Å². The zero-order chi connectivity index (χ0) is 90.0. The normalized spacial score (nSPS) is 20.7. The monoisotopic (exact) mass is 1730 g/mol. The third-order valence-corrected chi connectivity index (χ3v) is 23.3. The number of benzene rings is 8. The number of thioether (sulfide) groups is 1. The number of esters is 3. The van der Waals surface area contributed by atoms with E-state index in [0.717, 1.165) is 38.9 Å². The van der Waals surface area contributed by atoms with Gasteiger partial charge in [0.05, 0.1) is 11.4 Å². The molecule has 1 aliphatic carbocycles. The third-order valence-electron chi connectivity index (χ3n) is 21.7. The number of carbonyl (C=O) groups is 8. The molecule has 2 aliphatic heterocycles. The van der Waals surface area contributed by atoms with Gasteiger partial charge in [-0.2, -0.15) is 0 Å². The molecule has 27 heteroatoms. The molecule has 11 rings (SSSR count). The average Bonchev–Trinajstić information content (AvgIpc) is 1.41. The Morgan fingerprint density at radius 3 is 1.38 bits per heavy atom.